The average molecular weight is 436 g/mol. The number of fused-ring (bicyclic) bond motifs is 1. The van der Waals surface area contributed by atoms with E-state index < -0.39 is 0 Å². The molecule has 0 aliphatic carbocycles. The molecule has 0 unspecified atom stereocenters. The van der Waals surface area contributed by atoms with Crippen LogP contribution < -0.4 is 10.6 Å². The van der Waals surface area contributed by atoms with Crippen LogP contribution in [0.25, 0.3) is 10.9 Å². The highest BCUT2D eigenvalue weighted by Crippen LogP contribution is 2.19. The number of likely N-dealkylation sites (tertiary alicyclic amines) is 1. The van der Waals surface area contributed by atoms with E-state index in [9.17, 15) is 9.18 Å². The van der Waals surface area contributed by atoms with Crippen molar-refractivity contribution >= 4 is 22.8 Å². The van der Waals surface area contributed by atoms with Gasteiger partial charge in [0.05, 0.1) is 6.54 Å². The van der Waals surface area contributed by atoms with E-state index >= 15 is 0 Å². The van der Waals surface area contributed by atoms with Gasteiger partial charge in [-0.1, -0.05) is 24.3 Å². The van der Waals surface area contributed by atoms with Crippen LogP contribution in [0.15, 0.2) is 53.7 Å². The SMILES string of the molecule is CCNC(=NCc1ccc(CN2CCCC2=O)cc1)NCCc1c[nH]c2cc(F)ccc12. The molecule has 4 rings (SSSR count). The van der Waals surface area contributed by atoms with Crippen molar-refractivity contribution in [3.63, 3.8) is 0 Å². The van der Waals surface area contributed by atoms with Crippen molar-refractivity contribution in [3.8, 4) is 0 Å². The van der Waals surface area contributed by atoms with Crippen molar-refractivity contribution in [2.75, 3.05) is 19.6 Å². The third kappa shape index (κ3) is 5.46. The smallest absolute Gasteiger partial charge is 0.222 e. The first-order valence-electron chi connectivity index (χ1n) is 11.3. The number of halogens is 1. The van der Waals surface area contributed by atoms with Gasteiger partial charge in [0.1, 0.15) is 5.82 Å². The zero-order valence-electron chi connectivity index (χ0n) is 18.5. The Labute approximate surface area is 187 Å². The number of aromatic amines is 1. The Balaban J connectivity index is 1.30. The normalized spacial score (nSPS) is 14.4. The van der Waals surface area contributed by atoms with E-state index in [1.807, 2.05) is 24.1 Å². The first-order valence-corrected chi connectivity index (χ1v) is 11.3. The summed E-state index contributed by atoms with van der Waals surface area (Å²) in [5, 5.41) is 7.70. The zero-order valence-corrected chi connectivity index (χ0v) is 18.5. The van der Waals surface area contributed by atoms with Gasteiger partial charge in [0.2, 0.25) is 5.91 Å². The summed E-state index contributed by atoms with van der Waals surface area (Å²) in [6, 6.07) is 13.1. The summed E-state index contributed by atoms with van der Waals surface area (Å²) >= 11 is 0. The number of carbonyl (C=O) groups excluding carboxylic acids is 1. The molecule has 0 saturated carbocycles. The summed E-state index contributed by atoms with van der Waals surface area (Å²) in [4.78, 5) is 21.5. The Bertz CT molecular complexity index is 1090. The molecule has 168 valence electrons. The first-order chi connectivity index (χ1) is 15.6. The van der Waals surface area contributed by atoms with Crippen LogP contribution in [0.4, 0.5) is 4.39 Å². The van der Waals surface area contributed by atoms with Crippen LogP contribution in [0.1, 0.15) is 36.5 Å². The van der Waals surface area contributed by atoms with Gasteiger partial charge in [0, 0.05) is 49.7 Å². The van der Waals surface area contributed by atoms with E-state index in [-0.39, 0.29) is 11.7 Å². The molecular formula is C25H30FN5O. The van der Waals surface area contributed by atoms with Crippen molar-refractivity contribution in [3.05, 3.63) is 71.2 Å². The van der Waals surface area contributed by atoms with E-state index in [2.05, 4.69) is 39.9 Å². The number of nitrogens with zero attached hydrogens (tertiary/aromatic N) is 2. The van der Waals surface area contributed by atoms with Gasteiger partial charge >= 0.3 is 0 Å². The number of hydrogen-bond acceptors (Lipinski definition) is 2. The summed E-state index contributed by atoms with van der Waals surface area (Å²) in [5.74, 6) is 0.785. The molecule has 1 saturated heterocycles. The maximum Gasteiger partial charge on any atom is 0.222 e. The van der Waals surface area contributed by atoms with E-state index in [1.54, 1.807) is 0 Å². The number of amides is 1. The number of guanidine groups is 1. The summed E-state index contributed by atoms with van der Waals surface area (Å²) in [6.45, 7) is 5.66. The molecule has 0 spiro atoms. The maximum atomic E-state index is 13.4. The fraction of sp³-hybridized carbons (Fsp3) is 0.360. The predicted molar refractivity (Wildman–Crippen MR) is 126 cm³/mol. The molecule has 7 heteroatoms. The zero-order chi connectivity index (χ0) is 22.3. The molecule has 1 aliphatic rings. The second-order valence-corrected chi connectivity index (χ2v) is 8.11. The topological polar surface area (TPSA) is 72.5 Å². The number of aliphatic imine (C=N–C) groups is 1. The lowest BCUT2D eigenvalue weighted by atomic mass is 10.1. The van der Waals surface area contributed by atoms with Gasteiger partial charge in [-0.3, -0.25) is 4.79 Å². The molecule has 1 fully saturated rings. The molecule has 2 heterocycles. The molecule has 0 radical (unpaired) electrons. The van der Waals surface area contributed by atoms with Gasteiger partial charge in [-0.05, 0) is 54.7 Å². The molecule has 1 aliphatic heterocycles. The minimum Gasteiger partial charge on any atom is -0.361 e. The van der Waals surface area contributed by atoms with E-state index in [1.165, 1.54) is 12.1 Å². The number of aromatic nitrogens is 1. The number of rotatable bonds is 8. The third-order valence-corrected chi connectivity index (χ3v) is 5.75. The van der Waals surface area contributed by atoms with Crippen molar-refractivity contribution in [2.45, 2.75) is 39.3 Å². The van der Waals surface area contributed by atoms with Gasteiger partial charge in [-0.15, -0.1) is 0 Å². The lowest BCUT2D eigenvalue weighted by Gasteiger charge is -2.15. The van der Waals surface area contributed by atoms with Crippen molar-refractivity contribution in [1.82, 2.24) is 20.5 Å². The molecule has 0 bridgehead atoms. The van der Waals surface area contributed by atoms with Gasteiger partial charge in [-0.25, -0.2) is 9.38 Å². The highest BCUT2D eigenvalue weighted by Gasteiger charge is 2.19. The van der Waals surface area contributed by atoms with Crippen molar-refractivity contribution in [1.29, 1.82) is 0 Å². The Morgan fingerprint density at radius 2 is 1.97 bits per heavy atom. The molecular weight excluding hydrogens is 405 g/mol. The third-order valence-electron chi connectivity index (χ3n) is 5.75. The Kier molecular flexibility index (Phi) is 7.04. The van der Waals surface area contributed by atoms with Gasteiger partial charge in [-0.2, -0.15) is 0 Å². The van der Waals surface area contributed by atoms with Crippen molar-refractivity contribution < 1.29 is 9.18 Å². The predicted octanol–water partition coefficient (Wildman–Crippen LogP) is 3.73. The summed E-state index contributed by atoms with van der Waals surface area (Å²) < 4.78 is 13.4. The average Bonchev–Trinajstić information content (AvgIpc) is 3.38. The summed E-state index contributed by atoms with van der Waals surface area (Å²) in [5.41, 5.74) is 4.24. The minimum atomic E-state index is -0.233. The molecule has 1 amide bonds. The Hall–Kier alpha value is -3.35. The van der Waals surface area contributed by atoms with Crippen LogP contribution in [0.5, 0.6) is 0 Å². The van der Waals surface area contributed by atoms with Crippen LogP contribution in [-0.4, -0.2) is 41.4 Å². The largest absolute Gasteiger partial charge is 0.361 e. The quantitative estimate of drug-likeness (QED) is 0.373. The minimum absolute atomic E-state index is 0.233. The van der Waals surface area contributed by atoms with Gasteiger partial charge in [0.15, 0.2) is 5.96 Å². The number of hydrogen-bond donors (Lipinski definition) is 3. The monoisotopic (exact) mass is 435 g/mol. The highest BCUT2D eigenvalue weighted by molar-refractivity contribution is 5.83. The lowest BCUT2D eigenvalue weighted by Crippen LogP contribution is -2.38. The van der Waals surface area contributed by atoms with Crippen LogP contribution in [0, 0.1) is 5.82 Å². The molecule has 3 N–H and O–H groups in total. The fourth-order valence-electron chi connectivity index (χ4n) is 4.03. The van der Waals surface area contributed by atoms with Gasteiger partial charge in [0.25, 0.3) is 0 Å². The summed E-state index contributed by atoms with van der Waals surface area (Å²) in [6.07, 6.45) is 4.38. The van der Waals surface area contributed by atoms with E-state index in [0.29, 0.717) is 19.5 Å². The fourth-order valence-corrected chi connectivity index (χ4v) is 4.03. The highest BCUT2D eigenvalue weighted by atomic mass is 19.1. The van der Waals surface area contributed by atoms with Crippen molar-refractivity contribution in [2.24, 2.45) is 4.99 Å². The lowest BCUT2D eigenvalue weighted by molar-refractivity contribution is -0.128. The Morgan fingerprint density at radius 1 is 1.16 bits per heavy atom. The van der Waals surface area contributed by atoms with E-state index in [0.717, 1.165) is 66.0 Å². The number of carbonyl (C=O) groups is 1. The maximum absolute atomic E-state index is 13.4. The number of nitrogens with one attached hydrogen (secondary N) is 3. The van der Waals surface area contributed by atoms with Crippen LogP contribution in [-0.2, 0) is 24.3 Å². The van der Waals surface area contributed by atoms with Crippen LogP contribution in [0.2, 0.25) is 0 Å². The Morgan fingerprint density at radius 3 is 2.72 bits per heavy atom. The second kappa shape index (κ2) is 10.3. The number of benzene rings is 2. The van der Waals surface area contributed by atoms with Crippen LogP contribution in [0.3, 0.4) is 0 Å². The van der Waals surface area contributed by atoms with Crippen LogP contribution >= 0.6 is 0 Å². The molecule has 32 heavy (non-hydrogen) atoms. The molecule has 1 aromatic heterocycles. The molecule has 0 atom stereocenters. The standard InChI is InChI=1S/C25H30FN5O/c1-2-27-25(28-12-11-20-16-29-23-14-21(26)9-10-22(20)23)30-15-18-5-7-19(8-6-18)17-31-13-3-4-24(31)32/h5-10,14,16,29H,2-4,11-13,15,17H2,1H3,(H2,27,28,30). The van der Waals surface area contributed by atoms with Gasteiger partial charge < -0.3 is 20.5 Å². The first kappa shape index (κ1) is 21.9. The summed E-state index contributed by atoms with van der Waals surface area (Å²) in [7, 11) is 0. The number of H-pyrrole nitrogens is 1. The second-order valence-electron chi connectivity index (χ2n) is 8.11. The molecule has 3 aromatic rings. The molecule has 6 nitrogen and oxygen atoms in total. The molecule has 2 aromatic carbocycles. The van der Waals surface area contributed by atoms with E-state index in [4.69, 9.17) is 4.99 Å².